The SMILES string of the molecule is O=C(CCc1ccccc1)NC(Cc1c[nH]c2ccccc12)C(=O)Nc1ccc(C(F)(F)F)cc1. The van der Waals surface area contributed by atoms with E-state index in [4.69, 9.17) is 0 Å². The molecule has 8 heteroatoms. The van der Waals surface area contributed by atoms with E-state index in [1.165, 1.54) is 12.1 Å². The highest BCUT2D eigenvalue weighted by Crippen LogP contribution is 2.30. The number of amides is 2. The molecule has 1 atom stereocenters. The summed E-state index contributed by atoms with van der Waals surface area (Å²) >= 11 is 0. The zero-order valence-corrected chi connectivity index (χ0v) is 18.7. The van der Waals surface area contributed by atoms with Crippen molar-refractivity contribution in [1.29, 1.82) is 0 Å². The number of alkyl halides is 3. The second kappa shape index (κ2) is 10.5. The van der Waals surface area contributed by atoms with Crippen LogP contribution in [0, 0.1) is 0 Å². The van der Waals surface area contributed by atoms with Crippen molar-refractivity contribution in [1.82, 2.24) is 10.3 Å². The first-order valence-corrected chi connectivity index (χ1v) is 11.2. The van der Waals surface area contributed by atoms with Gasteiger partial charge < -0.3 is 15.6 Å². The van der Waals surface area contributed by atoms with Gasteiger partial charge >= 0.3 is 6.18 Å². The fraction of sp³-hybridized carbons (Fsp3) is 0.185. The topological polar surface area (TPSA) is 74.0 Å². The highest BCUT2D eigenvalue weighted by Gasteiger charge is 2.30. The zero-order valence-electron chi connectivity index (χ0n) is 18.7. The van der Waals surface area contributed by atoms with Crippen LogP contribution in [-0.4, -0.2) is 22.8 Å². The van der Waals surface area contributed by atoms with E-state index >= 15 is 0 Å². The Balaban J connectivity index is 1.49. The van der Waals surface area contributed by atoms with Gasteiger partial charge in [-0.15, -0.1) is 0 Å². The predicted octanol–water partition coefficient (Wildman–Crippen LogP) is 5.49. The van der Waals surface area contributed by atoms with Crippen LogP contribution in [0.5, 0.6) is 0 Å². The lowest BCUT2D eigenvalue weighted by Crippen LogP contribution is -2.45. The Hall–Kier alpha value is -4.07. The molecule has 0 aliphatic rings. The molecule has 1 heterocycles. The number of aromatic nitrogens is 1. The molecule has 0 aliphatic carbocycles. The third-order valence-electron chi connectivity index (χ3n) is 5.71. The van der Waals surface area contributed by atoms with Gasteiger partial charge in [0.2, 0.25) is 11.8 Å². The molecule has 0 bridgehead atoms. The molecule has 0 fully saturated rings. The smallest absolute Gasteiger partial charge is 0.361 e. The maximum absolute atomic E-state index is 13.1. The Morgan fingerprint density at radius 2 is 1.57 bits per heavy atom. The summed E-state index contributed by atoms with van der Waals surface area (Å²) < 4.78 is 38.6. The number of hydrogen-bond donors (Lipinski definition) is 3. The van der Waals surface area contributed by atoms with Gasteiger partial charge in [-0.1, -0.05) is 48.5 Å². The number of para-hydroxylation sites is 1. The number of anilines is 1. The normalized spacial score (nSPS) is 12.3. The van der Waals surface area contributed by atoms with Gasteiger partial charge in [-0.05, 0) is 47.9 Å². The van der Waals surface area contributed by atoms with E-state index < -0.39 is 23.7 Å². The fourth-order valence-electron chi connectivity index (χ4n) is 3.87. The van der Waals surface area contributed by atoms with Crippen molar-refractivity contribution in [3.63, 3.8) is 0 Å². The van der Waals surface area contributed by atoms with Crippen LogP contribution in [0.25, 0.3) is 10.9 Å². The van der Waals surface area contributed by atoms with E-state index in [-0.39, 0.29) is 24.4 Å². The third-order valence-corrected chi connectivity index (χ3v) is 5.71. The van der Waals surface area contributed by atoms with Gasteiger partial charge in [0, 0.05) is 35.6 Å². The number of carbonyl (C=O) groups excluding carboxylic acids is 2. The van der Waals surface area contributed by atoms with Crippen molar-refractivity contribution in [2.24, 2.45) is 0 Å². The van der Waals surface area contributed by atoms with Gasteiger partial charge in [0.1, 0.15) is 6.04 Å². The molecular weight excluding hydrogens is 455 g/mol. The van der Waals surface area contributed by atoms with E-state index in [2.05, 4.69) is 15.6 Å². The number of halogens is 3. The monoisotopic (exact) mass is 479 g/mol. The van der Waals surface area contributed by atoms with Crippen molar-refractivity contribution >= 4 is 28.4 Å². The predicted molar refractivity (Wildman–Crippen MR) is 129 cm³/mol. The molecule has 35 heavy (non-hydrogen) atoms. The Morgan fingerprint density at radius 3 is 2.29 bits per heavy atom. The molecule has 5 nitrogen and oxygen atoms in total. The summed E-state index contributed by atoms with van der Waals surface area (Å²) in [5.74, 6) is -0.802. The van der Waals surface area contributed by atoms with Gasteiger partial charge in [0.25, 0.3) is 0 Å². The molecule has 3 aromatic carbocycles. The van der Waals surface area contributed by atoms with Gasteiger partial charge in [0.05, 0.1) is 5.56 Å². The van der Waals surface area contributed by atoms with Crippen LogP contribution in [-0.2, 0) is 28.6 Å². The molecule has 0 radical (unpaired) electrons. The van der Waals surface area contributed by atoms with Crippen LogP contribution in [0.2, 0.25) is 0 Å². The average molecular weight is 480 g/mol. The number of H-pyrrole nitrogens is 1. The maximum Gasteiger partial charge on any atom is 0.416 e. The van der Waals surface area contributed by atoms with Crippen LogP contribution < -0.4 is 10.6 Å². The Kier molecular flexibility index (Phi) is 7.19. The van der Waals surface area contributed by atoms with Crippen molar-refractivity contribution in [3.05, 3.63) is 102 Å². The molecule has 4 aromatic rings. The van der Waals surface area contributed by atoms with E-state index in [9.17, 15) is 22.8 Å². The minimum absolute atomic E-state index is 0.196. The molecule has 0 saturated heterocycles. The third kappa shape index (κ3) is 6.29. The summed E-state index contributed by atoms with van der Waals surface area (Å²) in [5, 5.41) is 6.36. The maximum atomic E-state index is 13.1. The Labute approximate surface area is 200 Å². The number of aryl methyl sites for hydroxylation is 1. The number of aromatic amines is 1. The standard InChI is InChI=1S/C27H24F3N3O2/c28-27(29,30)20-11-13-21(14-12-20)32-26(35)24(16-19-17-31-23-9-5-4-8-22(19)23)33-25(34)15-10-18-6-2-1-3-7-18/h1-9,11-14,17,24,31H,10,15-16H2,(H,32,35)(H,33,34). The van der Waals surface area contributed by atoms with Gasteiger partial charge in [0.15, 0.2) is 0 Å². The van der Waals surface area contributed by atoms with Gasteiger partial charge in [-0.25, -0.2) is 0 Å². The quantitative estimate of drug-likeness (QED) is 0.313. The summed E-state index contributed by atoms with van der Waals surface area (Å²) in [6.07, 6.45) is -1.74. The number of benzene rings is 3. The van der Waals surface area contributed by atoms with Crippen molar-refractivity contribution in [2.45, 2.75) is 31.5 Å². The van der Waals surface area contributed by atoms with E-state index in [0.717, 1.165) is 34.2 Å². The summed E-state index contributed by atoms with van der Waals surface area (Å²) in [4.78, 5) is 29.0. The minimum Gasteiger partial charge on any atom is -0.361 e. The Morgan fingerprint density at radius 1 is 0.886 bits per heavy atom. The molecule has 3 N–H and O–H groups in total. The summed E-state index contributed by atoms with van der Waals surface area (Å²) in [7, 11) is 0. The summed E-state index contributed by atoms with van der Waals surface area (Å²) in [5.41, 5.74) is 2.16. The first-order valence-electron chi connectivity index (χ1n) is 11.2. The lowest BCUT2D eigenvalue weighted by molar-refractivity contribution is -0.137. The molecule has 1 aromatic heterocycles. The number of fused-ring (bicyclic) bond motifs is 1. The van der Waals surface area contributed by atoms with Crippen molar-refractivity contribution < 1.29 is 22.8 Å². The van der Waals surface area contributed by atoms with Gasteiger partial charge in [-0.3, -0.25) is 9.59 Å². The summed E-state index contributed by atoms with van der Waals surface area (Å²) in [6, 6.07) is 20.4. The minimum atomic E-state index is -4.47. The van der Waals surface area contributed by atoms with E-state index in [0.29, 0.717) is 6.42 Å². The first kappa shape index (κ1) is 24.1. The summed E-state index contributed by atoms with van der Waals surface area (Å²) in [6.45, 7) is 0. The molecular formula is C27H24F3N3O2. The molecule has 0 spiro atoms. The van der Waals surface area contributed by atoms with Crippen LogP contribution in [0.3, 0.4) is 0 Å². The largest absolute Gasteiger partial charge is 0.416 e. The lowest BCUT2D eigenvalue weighted by Gasteiger charge is -2.19. The van der Waals surface area contributed by atoms with Crippen LogP contribution in [0.4, 0.5) is 18.9 Å². The van der Waals surface area contributed by atoms with Crippen molar-refractivity contribution in [2.75, 3.05) is 5.32 Å². The molecule has 4 rings (SSSR count). The number of hydrogen-bond acceptors (Lipinski definition) is 2. The molecule has 0 saturated carbocycles. The number of carbonyl (C=O) groups is 2. The van der Waals surface area contributed by atoms with Crippen LogP contribution in [0.1, 0.15) is 23.1 Å². The second-order valence-electron chi connectivity index (χ2n) is 8.23. The lowest BCUT2D eigenvalue weighted by atomic mass is 10.0. The molecule has 2 amide bonds. The highest BCUT2D eigenvalue weighted by molar-refractivity contribution is 5.98. The van der Waals surface area contributed by atoms with Gasteiger partial charge in [-0.2, -0.15) is 13.2 Å². The van der Waals surface area contributed by atoms with E-state index in [1.807, 2.05) is 54.6 Å². The molecule has 180 valence electrons. The average Bonchev–Trinajstić information content (AvgIpc) is 3.25. The first-order chi connectivity index (χ1) is 16.8. The molecule has 0 aliphatic heterocycles. The second-order valence-corrected chi connectivity index (χ2v) is 8.23. The van der Waals surface area contributed by atoms with E-state index in [1.54, 1.807) is 6.20 Å². The number of rotatable bonds is 8. The van der Waals surface area contributed by atoms with Crippen molar-refractivity contribution in [3.8, 4) is 0 Å². The Bertz CT molecular complexity index is 1300. The highest BCUT2D eigenvalue weighted by atomic mass is 19.4. The number of nitrogens with one attached hydrogen (secondary N) is 3. The van der Waals surface area contributed by atoms with Crippen LogP contribution in [0.15, 0.2) is 85.1 Å². The molecule has 1 unspecified atom stereocenters. The fourth-order valence-corrected chi connectivity index (χ4v) is 3.87. The van der Waals surface area contributed by atoms with Crippen LogP contribution >= 0.6 is 0 Å². The zero-order chi connectivity index (χ0) is 24.8.